The molecule has 0 unspecified atom stereocenters. The van der Waals surface area contributed by atoms with Gasteiger partial charge in [0.25, 0.3) is 0 Å². The van der Waals surface area contributed by atoms with Crippen molar-refractivity contribution in [3.63, 3.8) is 0 Å². The van der Waals surface area contributed by atoms with Crippen LogP contribution in [0.4, 0.5) is 0 Å². The van der Waals surface area contributed by atoms with Crippen molar-refractivity contribution in [1.82, 2.24) is 19.8 Å². The normalized spacial score (nSPS) is 11.3. The van der Waals surface area contributed by atoms with E-state index < -0.39 is 0 Å². The fourth-order valence-corrected chi connectivity index (χ4v) is 2.84. The van der Waals surface area contributed by atoms with Crippen molar-refractivity contribution >= 4 is 16.3 Å². The highest BCUT2D eigenvalue weighted by Crippen LogP contribution is 2.18. The predicted octanol–water partition coefficient (Wildman–Crippen LogP) is 1.85. The van der Waals surface area contributed by atoms with Crippen LogP contribution in [0.15, 0.2) is 18.2 Å². The molecule has 0 aliphatic rings. The van der Waals surface area contributed by atoms with Gasteiger partial charge in [-0.1, -0.05) is 35.1 Å². The third-order valence-corrected chi connectivity index (χ3v) is 4.04. The third-order valence-electron chi connectivity index (χ3n) is 3.12. The monoisotopic (exact) mass is 273 g/mol. The zero-order valence-electron chi connectivity index (χ0n) is 10.9. The molecule has 0 saturated carbocycles. The molecule has 19 heavy (non-hydrogen) atoms. The summed E-state index contributed by atoms with van der Waals surface area (Å²) in [6.07, 6.45) is 0.737. The highest BCUT2D eigenvalue weighted by Gasteiger charge is 2.12. The van der Waals surface area contributed by atoms with Gasteiger partial charge in [-0.3, -0.25) is 0 Å². The van der Waals surface area contributed by atoms with E-state index in [9.17, 15) is 0 Å². The van der Waals surface area contributed by atoms with Crippen LogP contribution in [-0.2, 0) is 13.0 Å². The summed E-state index contributed by atoms with van der Waals surface area (Å²) in [6, 6.07) is 6.44. The Labute approximate surface area is 115 Å². The molecule has 0 aliphatic carbocycles. The smallest absolute Gasteiger partial charge is 0.234 e. The molecule has 5 nitrogen and oxygen atoms in total. The maximum atomic E-state index is 5.60. The summed E-state index contributed by atoms with van der Waals surface area (Å²) < 4.78 is 1.80. The lowest BCUT2D eigenvalue weighted by Gasteiger charge is -2.04. The van der Waals surface area contributed by atoms with Gasteiger partial charge in [-0.05, 0) is 25.0 Å². The summed E-state index contributed by atoms with van der Waals surface area (Å²) in [5, 5.41) is 13.7. The SMILES string of the molecule is Cc1ccc(Cc2nnc3sc(CN)nn23)c(C)c1. The van der Waals surface area contributed by atoms with E-state index in [1.165, 1.54) is 28.0 Å². The lowest BCUT2D eigenvalue weighted by atomic mass is 10.0. The number of aromatic nitrogens is 4. The van der Waals surface area contributed by atoms with E-state index in [-0.39, 0.29) is 0 Å². The van der Waals surface area contributed by atoms with Crippen molar-refractivity contribution < 1.29 is 0 Å². The van der Waals surface area contributed by atoms with Crippen LogP contribution < -0.4 is 5.73 Å². The first-order chi connectivity index (χ1) is 9.17. The minimum atomic E-state index is 0.441. The summed E-state index contributed by atoms with van der Waals surface area (Å²) in [5.74, 6) is 0.859. The molecule has 0 saturated heterocycles. The lowest BCUT2D eigenvalue weighted by Crippen LogP contribution is -2.02. The molecule has 6 heteroatoms. The zero-order valence-corrected chi connectivity index (χ0v) is 11.7. The first-order valence-corrected chi connectivity index (χ1v) is 6.95. The second-order valence-corrected chi connectivity index (χ2v) is 5.66. The fraction of sp³-hybridized carbons (Fsp3) is 0.308. The molecular formula is C13H15N5S. The van der Waals surface area contributed by atoms with Crippen LogP contribution in [0.3, 0.4) is 0 Å². The van der Waals surface area contributed by atoms with Gasteiger partial charge in [0.2, 0.25) is 4.96 Å². The van der Waals surface area contributed by atoms with Crippen molar-refractivity contribution in [2.75, 3.05) is 0 Å². The fourth-order valence-electron chi connectivity index (χ4n) is 2.10. The number of rotatable bonds is 3. The third kappa shape index (κ3) is 2.24. The molecule has 0 fully saturated rings. The van der Waals surface area contributed by atoms with Gasteiger partial charge in [-0.25, -0.2) is 0 Å². The molecule has 0 amide bonds. The van der Waals surface area contributed by atoms with Crippen molar-refractivity contribution in [2.24, 2.45) is 5.73 Å². The maximum absolute atomic E-state index is 5.60. The summed E-state index contributed by atoms with van der Waals surface area (Å²) >= 11 is 1.49. The van der Waals surface area contributed by atoms with Crippen LogP contribution >= 0.6 is 11.3 Å². The number of nitrogens with two attached hydrogens (primary N) is 1. The Balaban J connectivity index is 1.98. The first-order valence-electron chi connectivity index (χ1n) is 6.13. The van der Waals surface area contributed by atoms with Gasteiger partial charge in [0.1, 0.15) is 5.01 Å². The van der Waals surface area contributed by atoms with Crippen molar-refractivity contribution in [2.45, 2.75) is 26.8 Å². The summed E-state index contributed by atoms with van der Waals surface area (Å²) in [4.78, 5) is 0.806. The highest BCUT2D eigenvalue weighted by atomic mass is 32.1. The van der Waals surface area contributed by atoms with Crippen LogP contribution in [0.25, 0.3) is 4.96 Å². The molecule has 1 aromatic carbocycles. The summed E-state index contributed by atoms with van der Waals surface area (Å²) in [7, 11) is 0. The molecule has 0 bridgehead atoms. The standard InChI is InChI=1S/C13H15N5S/c1-8-3-4-10(9(2)5-8)6-11-15-16-13-18(11)17-12(7-14)19-13/h3-5H,6-7,14H2,1-2H3. The Morgan fingerprint density at radius 1 is 1.26 bits per heavy atom. The molecule has 2 aromatic heterocycles. The van der Waals surface area contributed by atoms with Crippen LogP contribution in [0.2, 0.25) is 0 Å². The summed E-state index contributed by atoms with van der Waals surface area (Å²) in [5.41, 5.74) is 9.39. The highest BCUT2D eigenvalue weighted by molar-refractivity contribution is 7.16. The van der Waals surface area contributed by atoms with E-state index in [1.54, 1.807) is 4.52 Å². The van der Waals surface area contributed by atoms with E-state index in [1.807, 2.05) is 0 Å². The van der Waals surface area contributed by atoms with Gasteiger partial charge >= 0.3 is 0 Å². The molecule has 3 aromatic rings. The number of benzene rings is 1. The molecule has 2 N–H and O–H groups in total. The largest absolute Gasteiger partial charge is 0.324 e. The van der Waals surface area contributed by atoms with Gasteiger partial charge in [-0.2, -0.15) is 9.61 Å². The number of fused-ring (bicyclic) bond motifs is 1. The van der Waals surface area contributed by atoms with Crippen molar-refractivity contribution in [3.05, 3.63) is 45.7 Å². The van der Waals surface area contributed by atoms with E-state index in [0.29, 0.717) is 6.54 Å². The molecule has 0 atom stereocenters. The predicted molar refractivity (Wildman–Crippen MR) is 75.3 cm³/mol. The second-order valence-electron chi connectivity index (χ2n) is 4.62. The number of aryl methyl sites for hydroxylation is 2. The van der Waals surface area contributed by atoms with E-state index in [4.69, 9.17) is 5.73 Å². The topological polar surface area (TPSA) is 69.1 Å². The van der Waals surface area contributed by atoms with Gasteiger partial charge in [0, 0.05) is 13.0 Å². The van der Waals surface area contributed by atoms with Gasteiger partial charge in [-0.15, -0.1) is 10.2 Å². The van der Waals surface area contributed by atoms with E-state index >= 15 is 0 Å². The van der Waals surface area contributed by atoms with Crippen molar-refractivity contribution in [1.29, 1.82) is 0 Å². The van der Waals surface area contributed by atoms with Crippen LogP contribution in [0.5, 0.6) is 0 Å². The number of nitrogens with zero attached hydrogens (tertiary/aromatic N) is 4. The Kier molecular flexibility index (Phi) is 3.04. The Morgan fingerprint density at radius 3 is 2.84 bits per heavy atom. The second kappa shape index (κ2) is 4.71. The minimum absolute atomic E-state index is 0.441. The average molecular weight is 273 g/mol. The van der Waals surface area contributed by atoms with Crippen LogP contribution in [0.1, 0.15) is 27.5 Å². The molecular weight excluding hydrogens is 258 g/mol. The Morgan fingerprint density at radius 2 is 2.11 bits per heavy atom. The quantitative estimate of drug-likeness (QED) is 0.790. The molecule has 0 spiro atoms. The maximum Gasteiger partial charge on any atom is 0.234 e. The zero-order chi connectivity index (χ0) is 13.4. The number of hydrogen-bond donors (Lipinski definition) is 1. The minimum Gasteiger partial charge on any atom is -0.324 e. The first kappa shape index (κ1) is 12.3. The molecule has 0 radical (unpaired) electrons. The van der Waals surface area contributed by atoms with Crippen LogP contribution in [-0.4, -0.2) is 19.8 Å². The Hall–Kier alpha value is -1.79. The lowest BCUT2D eigenvalue weighted by molar-refractivity contribution is 0.819. The van der Waals surface area contributed by atoms with E-state index in [2.05, 4.69) is 47.3 Å². The van der Waals surface area contributed by atoms with Crippen molar-refractivity contribution in [3.8, 4) is 0 Å². The molecule has 2 heterocycles. The average Bonchev–Trinajstić information content (AvgIpc) is 2.93. The molecule has 3 rings (SSSR count). The number of hydrogen-bond acceptors (Lipinski definition) is 5. The van der Waals surface area contributed by atoms with E-state index in [0.717, 1.165) is 22.2 Å². The molecule has 98 valence electrons. The van der Waals surface area contributed by atoms with Gasteiger partial charge < -0.3 is 5.73 Å². The van der Waals surface area contributed by atoms with Gasteiger partial charge in [0.05, 0.1) is 0 Å². The summed E-state index contributed by atoms with van der Waals surface area (Å²) in [6.45, 7) is 4.66. The molecule has 0 aliphatic heterocycles. The van der Waals surface area contributed by atoms with Crippen LogP contribution in [0, 0.1) is 13.8 Å². The van der Waals surface area contributed by atoms with Gasteiger partial charge in [0.15, 0.2) is 5.82 Å². The Bertz CT molecular complexity index is 728.